The molecule has 0 aliphatic rings. The second-order valence-corrected chi connectivity index (χ2v) is 4.69. The highest BCUT2D eigenvalue weighted by molar-refractivity contribution is 5.48. The van der Waals surface area contributed by atoms with E-state index in [4.69, 9.17) is 9.47 Å². The Kier molecular flexibility index (Phi) is 4.13. The minimum Gasteiger partial charge on any atom is -0.465 e. The van der Waals surface area contributed by atoms with Gasteiger partial charge < -0.3 is 9.47 Å². The molecule has 0 aliphatic heterocycles. The topological polar surface area (TPSA) is 18.5 Å². The van der Waals surface area contributed by atoms with Gasteiger partial charge in [0.25, 0.3) is 0 Å². The lowest BCUT2D eigenvalue weighted by molar-refractivity contribution is -0.140. The number of ether oxygens (including phenoxy) is 2. The van der Waals surface area contributed by atoms with Crippen molar-refractivity contribution in [2.45, 2.75) is 39.6 Å². The van der Waals surface area contributed by atoms with Gasteiger partial charge in [-0.15, -0.1) is 0 Å². The van der Waals surface area contributed by atoms with Crippen molar-refractivity contribution in [1.82, 2.24) is 0 Å². The molecule has 0 amide bonds. The zero-order valence-corrected chi connectivity index (χ0v) is 10.5. The molecule has 2 heteroatoms. The van der Waals surface area contributed by atoms with Gasteiger partial charge in [-0.25, -0.2) is 0 Å². The van der Waals surface area contributed by atoms with Crippen molar-refractivity contribution in [1.29, 1.82) is 0 Å². The molecule has 0 heterocycles. The van der Waals surface area contributed by atoms with Gasteiger partial charge in [-0.1, -0.05) is 24.8 Å². The Hall–Kier alpha value is -1.28. The maximum absolute atomic E-state index is 5.66. The molecular weight excluding hydrogens is 200 g/mol. The predicted octanol–water partition coefficient (Wildman–Crippen LogP) is 3.87. The van der Waals surface area contributed by atoms with Crippen LogP contribution in [0.1, 0.15) is 33.3 Å². The van der Waals surface area contributed by atoms with Crippen molar-refractivity contribution in [3.8, 4) is 5.75 Å². The van der Waals surface area contributed by atoms with Crippen LogP contribution in [0.2, 0.25) is 0 Å². The summed E-state index contributed by atoms with van der Waals surface area (Å²) in [4.78, 5) is 0. The Bertz CT molecular complexity index is 333. The largest absolute Gasteiger partial charge is 0.465 e. The molecular formula is C14H20O2. The van der Waals surface area contributed by atoms with E-state index in [0.29, 0.717) is 0 Å². The summed E-state index contributed by atoms with van der Waals surface area (Å²) in [5.41, 5.74) is 0.886. The molecule has 0 N–H and O–H groups in total. The molecule has 0 aliphatic carbocycles. The van der Waals surface area contributed by atoms with E-state index < -0.39 is 0 Å². The molecule has 0 fully saturated rings. The first-order valence-electron chi connectivity index (χ1n) is 5.48. The normalized spacial score (nSPS) is 13.2. The van der Waals surface area contributed by atoms with Crippen LogP contribution in [-0.4, -0.2) is 11.9 Å². The van der Waals surface area contributed by atoms with Crippen LogP contribution in [0.15, 0.2) is 30.8 Å². The molecule has 1 rings (SSSR count). The lowest BCUT2D eigenvalue weighted by Gasteiger charge is -2.25. The summed E-state index contributed by atoms with van der Waals surface area (Å²) in [7, 11) is 0. The minimum absolute atomic E-state index is 0.194. The molecule has 88 valence electrons. The van der Waals surface area contributed by atoms with Crippen LogP contribution in [0.3, 0.4) is 0 Å². The molecule has 0 aromatic heterocycles. The first-order chi connectivity index (χ1) is 7.40. The first-order valence-corrected chi connectivity index (χ1v) is 5.48. The van der Waals surface area contributed by atoms with Crippen molar-refractivity contribution in [3.05, 3.63) is 36.4 Å². The van der Waals surface area contributed by atoms with Gasteiger partial charge in [0.05, 0.1) is 5.60 Å². The average Bonchev–Trinajstić information content (AvgIpc) is 2.16. The average molecular weight is 220 g/mol. The fraction of sp³-hybridized carbons (Fsp3) is 0.429. The maximum Gasteiger partial charge on any atom is 0.197 e. The SMILES string of the molecule is C=Cc1ccc(OC(C)OC(C)(C)C)cc1. The van der Waals surface area contributed by atoms with Crippen LogP contribution in [0, 0.1) is 0 Å². The predicted molar refractivity (Wildman–Crippen MR) is 67.5 cm³/mol. The Morgan fingerprint density at radius 2 is 1.75 bits per heavy atom. The minimum atomic E-state index is -0.255. The van der Waals surface area contributed by atoms with E-state index in [1.165, 1.54) is 0 Å². The summed E-state index contributed by atoms with van der Waals surface area (Å²) >= 11 is 0. The zero-order chi connectivity index (χ0) is 12.2. The summed E-state index contributed by atoms with van der Waals surface area (Å²) in [6.45, 7) is 11.6. The highest BCUT2D eigenvalue weighted by Gasteiger charge is 2.15. The maximum atomic E-state index is 5.66. The molecule has 0 radical (unpaired) electrons. The molecule has 0 saturated heterocycles. The highest BCUT2D eigenvalue weighted by Crippen LogP contribution is 2.17. The first kappa shape index (κ1) is 12.8. The summed E-state index contributed by atoms with van der Waals surface area (Å²) in [5, 5.41) is 0. The van der Waals surface area contributed by atoms with E-state index in [-0.39, 0.29) is 11.9 Å². The van der Waals surface area contributed by atoms with Gasteiger partial charge in [0.2, 0.25) is 0 Å². The number of hydrogen-bond acceptors (Lipinski definition) is 2. The smallest absolute Gasteiger partial charge is 0.197 e. The van der Waals surface area contributed by atoms with Gasteiger partial charge >= 0.3 is 0 Å². The van der Waals surface area contributed by atoms with E-state index in [9.17, 15) is 0 Å². The third-order valence-electron chi connectivity index (χ3n) is 1.94. The van der Waals surface area contributed by atoms with Crippen LogP contribution in [0.5, 0.6) is 5.75 Å². The molecule has 1 aromatic carbocycles. The standard InChI is InChI=1S/C14H20O2/c1-6-12-7-9-13(10-8-12)15-11(2)16-14(3,4)5/h6-11H,1H2,2-5H3. The fourth-order valence-electron chi connectivity index (χ4n) is 1.40. The quantitative estimate of drug-likeness (QED) is 0.717. The van der Waals surface area contributed by atoms with Crippen molar-refractivity contribution < 1.29 is 9.47 Å². The van der Waals surface area contributed by atoms with Crippen LogP contribution >= 0.6 is 0 Å². The van der Waals surface area contributed by atoms with Crippen LogP contribution in [0.4, 0.5) is 0 Å². The molecule has 1 aromatic rings. The fourth-order valence-corrected chi connectivity index (χ4v) is 1.40. The van der Waals surface area contributed by atoms with Gasteiger partial charge in [0, 0.05) is 0 Å². The number of rotatable bonds is 4. The molecule has 0 bridgehead atoms. The molecule has 0 saturated carbocycles. The van der Waals surface area contributed by atoms with Gasteiger partial charge in [-0.2, -0.15) is 0 Å². The lowest BCUT2D eigenvalue weighted by atomic mass is 10.2. The molecule has 1 unspecified atom stereocenters. The Morgan fingerprint density at radius 3 is 2.19 bits per heavy atom. The van der Waals surface area contributed by atoms with E-state index in [2.05, 4.69) is 6.58 Å². The Balaban J connectivity index is 2.56. The lowest BCUT2D eigenvalue weighted by Crippen LogP contribution is -2.29. The van der Waals surface area contributed by atoms with Crippen LogP contribution in [0.25, 0.3) is 6.08 Å². The van der Waals surface area contributed by atoms with Crippen molar-refractivity contribution in [2.75, 3.05) is 0 Å². The third-order valence-corrected chi connectivity index (χ3v) is 1.94. The van der Waals surface area contributed by atoms with Crippen molar-refractivity contribution in [3.63, 3.8) is 0 Å². The second-order valence-electron chi connectivity index (χ2n) is 4.69. The second kappa shape index (κ2) is 5.17. The summed E-state index contributed by atoms with van der Waals surface area (Å²) in [6.07, 6.45) is 1.55. The monoisotopic (exact) mass is 220 g/mol. The van der Waals surface area contributed by atoms with Gasteiger partial charge in [-0.3, -0.25) is 0 Å². The Labute approximate surface area is 97.9 Å². The van der Waals surface area contributed by atoms with Gasteiger partial charge in [0.1, 0.15) is 5.75 Å². The third kappa shape index (κ3) is 4.49. The zero-order valence-electron chi connectivity index (χ0n) is 10.5. The number of benzene rings is 1. The van der Waals surface area contributed by atoms with Crippen LogP contribution < -0.4 is 4.74 Å². The molecule has 1 atom stereocenters. The highest BCUT2D eigenvalue weighted by atomic mass is 16.7. The van der Waals surface area contributed by atoms with Crippen molar-refractivity contribution in [2.24, 2.45) is 0 Å². The number of hydrogen-bond donors (Lipinski definition) is 0. The van der Waals surface area contributed by atoms with Crippen molar-refractivity contribution >= 4 is 6.08 Å². The Morgan fingerprint density at radius 1 is 1.19 bits per heavy atom. The van der Waals surface area contributed by atoms with Gasteiger partial charge in [-0.05, 0) is 45.4 Å². The summed E-state index contributed by atoms with van der Waals surface area (Å²) in [6, 6.07) is 7.76. The molecule has 16 heavy (non-hydrogen) atoms. The van der Waals surface area contributed by atoms with Crippen LogP contribution in [-0.2, 0) is 4.74 Å². The van der Waals surface area contributed by atoms with Gasteiger partial charge in [0.15, 0.2) is 6.29 Å². The summed E-state index contributed by atoms with van der Waals surface area (Å²) < 4.78 is 11.3. The molecule has 2 nitrogen and oxygen atoms in total. The van der Waals surface area contributed by atoms with E-state index in [1.807, 2.05) is 52.0 Å². The van der Waals surface area contributed by atoms with E-state index >= 15 is 0 Å². The van der Waals surface area contributed by atoms with E-state index in [1.54, 1.807) is 6.08 Å². The molecule has 0 spiro atoms. The van der Waals surface area contributed by atoms with E-state index in [0.717, 1.165) is 11.3 Å². The summed E-state index contributed by atoms with van der Waals surface area (Å²) in [5.74, 6) is 0.808.